The molecular formula is C11H12FNO6S. The van der Waals surface area contributed by atoms with Gasteiger partial charge in [-0.15, -0.1) is 4.48 Å². The second-order valence-electron chi connectivity index (χ2n) is 3.85. The van der Waals surface area contributed by atoms with Crippen LogP contribution >= 0.6 is 0 Å². The number of halogens is 1. The predicted octanol–water partition coefficient (Wildman–Crippen LogP) is 0.880. The zero-order valence-corrected chi connectivity index (χ0v) is 11.0. The van der Waals surface area contributed by atoms with Gasteiger partial charge in [-0.3, -0.25) is 9.59 Å². The molecule has 1 rings (SSSR count). The average Bonchev–Trinajstić information content (AvgIpc) is 2.39. The molecule has 9 heteroatoms. The van der Waals surface area contributed by atoms with E-state index in [-0.39, 0.29) is 0 Å². The monoisotopic (exact) mass is 305 g/mol. The third-order valence-corrected chi connectivity index (χ3v) is 4.01. The summed E-state index contributed by atoms with van der Waals surface area (Å²) in [6, 6.07) is 4.36. The standard InChI is InChI=1S/C11H12FNO6S/c12-13(9(11(16)17)6-7-10(14)15)20(18,19)8-4-2-1-3-5-8/h1-5,9H,6-7H2,(H,14,15)(H,16,17)/t9-/m0/s1. The van der Waals surface area contributed by atoms with Gasteiger partial charge in [0.2, 0.25) is 0 Å². The summed E-state index contributed by atoms with van der Waals surface area (Å²) >= 11 is 0. The van der Waals surface area contributed by atoms with Crippen LogP contribution in [0.15, 0.2) is 35.2 Å². The Balaban J connectivity index is 3.03. The molecule has 0 aliphatic carbocycles. The van der Waals surface area contributed by atoms with Crippen LogP contribution in [-0.4, -0.2) is 41.1 Å². The van der Waals surface area contributed by atoms with E-state index in [0.29, 0.717) is 0 Å². The Morgan fingerprint density at radius 3 is 2.20 bits per heavy atom. The Morgan fingerprint density at radius 2 is 1.75 bits per heavy atom. The number of benzene rings is 1. The minimum atomic E-state index is -4.64. The van der Waals surface area contributed by atoms with Crippen molar-refractivity contribution in [2.45, 2.75) is 23.8 Å². The second kappa shape index (κ2) is 6.44. The number of aliphatic carboxylic acids is 2. The minimum absolute atomic E-state index is 0.413. The lowest BCUT2D eigenvalue weighted by Gasteiger charge is -2.19. The van der Waals surface area contributed by atoms with Crippen LogP contribution in [0.5, 0.6) is 0 Å². The molecule has 0 radical (unpaired) electrons. The van der Waals surface area contributed by atoms with Crippen molar-refractivity contribution < 1.29 is 32.7 Å². The van der Waals surface area contributed by atoms with Crippen molar-refractivity contribution in [3.05, 3.63) is 30.3 Å². The van der Waals surface area contributed by atoms with Crippen LogP contribution in [0.3, 0.4) is 0 Å². The quantitative estimate of drug-likeness (QED) is 0.723. The lowest BCUT2D eigenvalue weighted by atomic mass is 10.2. The number of nitrogens with zero attached hydrogens (tertiary/aromatic N) is 1. The Morgan fingerprint density at radius 1 is 1.20 bits per heavy atom. The molecule has 7 nitrogen and oxygen atoms in total. The molecule has 0 amide bonds. The highest BCUT2D eigenvalue weighted by Crippen LogP contribution is 2.21. The summed E-state index contributed by atoms with van der Waals surface area (Å²) in [5, 5.41) is 17.3. The highest BCUT2D eigenvalue weighted by Gasteiger charge is 2.36. The fourth-order valence-electron chi connectivity index (χ4n) is 1.43. The molecule has 2 N–H and O–H groups in total. The Hall–Kier alpha value is -2.00. The first-order valence-corrected chi connectivity index (χ1v) is 6.90. The summed E-state index contributed by atoms with van der Waals surface area (Å²) in [7, 11) is -4.64. The highest BCUT2D eigenvalue weighted by atomic mass is 32.2. The molecule has 0 fully saturated rings. The molecule has 0 aliphatic rings. The first kappa shape index (κ1) is 16.1. The zero-order chi connectivity index (χ0) is 15.3. The Bertz CT molecular complexity index is 588. The Kier molecular flexibility index (Phi) is 5.17. The largest absolute Gasteiger partial charge is 0.481 e. The molecule has 0 bridgehead atoms. The lowest BCUT2D eigenvalue weighted by molar-refractivity contribution is -0.146. The third-order valence-electron chi connectivity index (χ3n) is 2.43. The lowest BCUT2D eigenvalue weighted by Crippen LogP contribution is -2.40. The molecule has 0 unspecified atom stereocenters. The van der Waals surface area contributed by atoms with Crippen molar-refractivity contribution in [3.8, 4) is 0 Å². The summed E-state index contributed by atoms with van der Waals surface area (Å²) < 4.78 is 36.8. The summed E-state index contributed by atoms with van der Waals surface area (Å²) in [5.74, 6) is -3.10. The minimum Gasteiger partial charge on any atom is -0.481 e. The van der Waals surface area contributed by atoms with E-state index >= 15 is 0 Å². The highest BCUT2D eigenvalue weighted by molar-refractivity contribution is 7.89. The van der Waals surface area contributed by atoms with Crippen LogP contribution in [0.4, 0.5) is 4.48 Å². The van der Waals surface area contributed by atoms with Gasteiger partial charge in [-0.25, -0.2) is 8.42 Å². The molecule has 0 saturated carbocycles. The molecule has 110 valence electrons. The van der Waals surface area contributed by atoms with Crippen molar-refractivity contribution in [1.82, 2.24) is 4.53 Å². The number of hydrogen-bond acceptors (Lipinski definition) is 4. The molecule has 0 saturated heterocycles. The Labute approximate surface area is 114 Å². The maximum absolute atomic E-state index is 13.9. The van der Waals surface area contributed by atoms with Crippen molar-refractivity contribution in [2.75, 3.05) is 0 Å². The number of sulfonamides is 1. The first-order valence-electron chi connectivity index (χ1n) is 5.46. The van der Waals surface area contributed by atoms with E-state index < -0.39 is 50.3 Å². The predicted molar refractivity (Wildman–Crippen MR) is 64.9 cm³/mol. The van der Waals surface area contributed by atoms with E-state index in [9.17, 15) is 22.5 Å². The number of rotatable bonds is 7. The molecular weight excluding hydrogens is 293 g/mol. The number of hydrogen-bond donors (Lipinski definition) is 2. The molecule has 1 atom stereocenters. The van der Waals surface area contributed by atoms with Crippen LogP contribution in [0, 0.1) is 0 Å². The van der Waals surface area contributed by atoms with Gasteiger partial charge in [-0.05, 0) is 23.1 Å². The van der Waals surface area contributed by atoms with Gasteiger partial charge < -0.3 is 10.2 Å². The van der Waals surface area contributed by atoms with E-state index in [1.165, 1.54) is 18.2 Å². The maximum atomic E-state index is 13.9. The van der Waals surface area contributed by atoms with Gasteiger partial charge in [0.1, 0.15) is 0 Å². The van der Waals surface area contributed by atoms with Gasteiger partial charge >= 0.3 is 11.9 Å². The van der Waals surface area contributed by atoms with Crippen molar-refractivity contribution in [2.24, 2.45) is 0 Å². The molecule has 0 spiro atoms. The van der Waals surface area contributed by atoms with E-state index in [1.54, 1.807) is 0 Å². The normalized spacial score (nSPS) is 13.1. The summed E-state index contributed by atoms with van der Waals surface area (Å²) in [4.78, 5) is 20.9. The van der Waals surface area contributed by atoms with E-state index in [1.807, 2.05) is 0 Å². The van der Waals surface area contributed by atoms with Crippen LogP contribution < -0.4 is 0 Å². The third kappa shape index (κ3) is 3.75. The fourth-order valence-corrected chi connectivity index (χ4v) is 2.67. The fraction of sp³-hybridized carbons (Fsp3) is 0.273. The molecule has 0 aliphatic heterocycles. The van der Waals surface area contributed by atoms with Crippen molar-refractivity contribution in [3.63, 3.8) is 0 Å². The number of carbonyl (C=O) groups is 2. The van der Waals surface area contributed by atoms with Crippen LogP contribution in [0.25, 0.3) is 0 Å². The van der Waals surface area contributed by atoms with Crippen LogP contribution in [-0.2, 0) is 19.6 Å². The second-order valence-corrected chi connectivity index (χ2v) is 5.62. The molecule has 1 aromatic rings. The molecule has 0 heterocycles. The smallest absolute Gasteiger partial charge is 0.324 e. The van der Waals surface area contributed by atoms with Crippen molar-refractivity contribution >= 4 is 22.0 Å². The average molecular weight is 305 g/mol. The number of carboxylic acids is 2. The zero-order valence-electron chi connectivity index (χ0n) is 10.1. The van der Waals surface area contributed by atoms with E-state index in [4.69, 9.17) is 10.2 Å². The van der Waals surface area contributed by atoms with Crippen LogP contribution in [0.2, 0.25) is 0 Å². The van der Waals surface area contributed by atoms with Gasteiger partial charge in [0.15, 0.2) is 6.04 Å². The molecule has 20 heavy (non-hydrogen) atoms. The van der Waals surface area contributed by atoms with E-state index in [0.717, 1.165) is 12.1 Å². The van der Waals surface area contributed by atoms with Gasteiger partial charge in [-0.2, -0.15) is 0 Å². The van der Waals surface area contributed by atoms with Gasteiger partial charge in [-0.1, -0.05) is 18.2 Å². The summed E-state index contributed by atoms with van der Waals surface area (Å²) in [6.07, 6.45) is -1.34. The summed E-state index contributed by atoms with van der Waals surface area (Å²) in [6.45, 7) is 0. The topological polar surface area (TPSA) is 112 Å². The summed E-state index contributed by atoms with van der Waals surface area (Å²) in [5.41, 5.74) is 0. The van der Waals surface area contributed by atoms with Gasteiger partial charge in [0, 0.05) is 6.42 Å². The SMILES string of the molecule is O=C(O)CC[C@@H](C(=O)O)N(F)S(=O)(=O)c1ccccc1. The molecule has 1 aromatic carbocycles. The van der Waals surface area contributed by atoms with E-state index in [2.05, 4.69) is 0 Å². The number of carboxylic acid groups (broad SMARTS) is 2. The maximum Gasteiger partial charge on any atom is 0.324 e. The molecule has 0 aromatic heterocycles. The van der Waals surface area contributed by atoms with Gasteiger partial charge in [0.25, 0.3) is 10.0 Å². The van der Waals surface area contributed by atoms with Gasteiger partial charge in [0.05, 0.1) is 4.90 Å². The first-order chi connectivity index (χ1) is 9.26. The van der Waals surface area contributed by atoms with Crippen molar-refractivity contribution in [1.29, 1.82) is 0 Å². The van der Waals surface area contributed by atoms with Crippen LogP contribution in [0.1, 0.15) is 12.8 Å².